The number of carbonyl (C=O) groups excluding carboxylic acids is 5. The first kappa shape index (κ1) is 88.7. The molecule has 0 bridgehead atoms. The van der Waals surface area contributed by atoms with Gasteiger partial charge in [0.25, 0.3) is 0 Å². The lowest BCUT2D eigenvalue weighted by molar-refractivity contribution is -0.119. The monoisotopic (exact) mass is 1810 g/mol. The quantitative estimate of drug-likeness (QED) is 0.0375. The van der Waals surface area contributed by atoms with Crippen molar-refractivity contribution in [2.75, 3.05) is 76.3 Å². The molecule has 5 amide bonds. The van der Waals surface area contributed by atoms with E-state index in [1.165, 1.54) is 16.4 Å². The average molecular weight is 1810 g/mol. The van der Waals surface area contributed by atoms with E-state index >= 15 is 0 Å². The zero-order chi connectivity index (χ0) is 91.4. The molecule has 0 saturated heterocycles. The fourth-order valence-corrected chi connectivity index (χ4v) is 17.3. The van der Waals surface area contributed by atoms with Gasteiger partial charge in [-0.15, -0.1) is 0 Å². The largest absolute Gasteiger partial charge is 0.493 e. The standard InChI is InChI=1S/C28H29N3O5.C26H27N3O5S.C24H22N2O5.C22H16ClFN2O3.H2/c1-27(2,3)36-26(33)29-16-18-7-9-19(10-8-18)21-5-4-6-24(30-21)31-25(32)28(13-14-28)20-11-12-22-23(15-20)35-17-34-22;1-3-15-29(2)35(31,32)20-10-7-18(8-11-20)21-5-4-6-24(27-21)28-25(30)26(13-14-26)19-9-12-22-23(16-19)34-17-33-22;1-28-19-7-3-5-16(22(19)29-2)17-6-4-8-21(25-17)26-23(27)24(11-12-24)15-9-10-18-20(13-15)31-14-30-18;23-15-10-13(4-6-16(15)24)17-2-1-3-20(25-17)26-21(27)22(8-9-22)14-5-7-18-19(11-14)29-12-28-18;/h4-12,15H,13-14,16-17H2,1-3H3,(H,29,33)(H,30,31,32);4-12,16H,3,13-15,17H2,1-2H3,(H,27,28,30);3-10,13H,11-12,14H2,1-2H3,(H,25,26,27);1-7,10-11H,8-9,12H2,(H,25,26,27);1H. The summed E-state index contributed by atoms with van der Waals surface area (Å²) in [6.07, 6.45) is 6.41. The fourth-order valence-electron chi connectivity index (χ4n) is 15.9. The molecule has 0 unspecified atom stereocenters. The van der Waals surface area contributed by atoms with Gasteiger partial charge in [0.15, 0.2) is 57.5 Å². The number of pyridine rings is 4. The third kappa shape index (κ3) is 19.4. The molecule has 674 valence electrons. The Balaban J connectivity index is 0.000000128. The molecule has 4 aliphatic carbocycles. The summed E-state index contributed by atoms with van der Waals surface area (Å²) in [7, 11) is 1.24. The topological polar surface area (TPSA) is 336 Å². The minimum Gasteiger partial charge on any atom is -0.493 e. The number of fused-ring (bicyclic) bond motifs is 4. The van der Waals surface area contributed by atoms with Crippen LogP contribution in [0, 0.1) is 5.82 Å². The first-order chi connectivity index (χ1) is 63.2. The smallest absolute Gasteiger partial charge is 0.407 e. The maximum absolute atomic E-state index is 13.4. The number of halogens is 2. The third-order valence-corrected chi connectivity index (χ3v) is 25.9. The van der Waals surface area contributed by atoms with E-state index in [9.17, 15) is 36.8 Å². The molecular formula is C100H96ClFN10O18S. The third-order valence-electron chi connectivity index (χ3n) is 23.8. The minimum atomic E-state index is -3.52. The van der Waals surface area contributed by atoms with Crippen LogP contribution in [-0.4, -0.2) is 123 Å². The Morgan fingerprint density at radius 3 is 1.15 bits per heavy atom. The molecule has 5 N–H and O–H groups in total. The normalized spacial score (nSPS) is 15.5. The second-order valence-electron chi connectivity index (χ2n) is 33.6. The summed E-state index contributed by atoms with van der Waals surface area (Å²) in [6.45, 7) is 9.04. The number of hydrogen-bond donors (Lipinski definition) is 5. The number of alkyl carbamates (subject to hydrolysis) is 1. The van der Waals surface area contributed by atoms with Gasteiger partial charge in [-0.2, -0.15) is 0 Å². The van der Waals surface area contributed by atoms with Gasteiger partial charge in [-0.3, -0.25) is 19.2 Å². The van der Waals surface area contributed by atoms with Gasteiger partial charge in [0.05, 0.1) is 68.6 Å². The Labute approximate surface area is 762 Å². The first-order valence-electron chi connectivity index (χ1n) is 42.8. The van der Waals surface area contributed by atoms with Crippen molar-refractivity contribution in [1.82, 2.24) is 29.6 Å². The summed E-state index contributed by atoms with van der Waals surface area (Å²) in [4.78, 5) is 83.2. The number of rotatable bonds is 24. The van der Waals surface area contributed by atoms with Crippen LogP contribution >= 0.6 is 11.6 Å². The SMILES string of the molecule is CC(C)(C)OC(=O)NCc1ccc(-c2cccc(NC(=O)C3(c4ccc5c(c4)OCO5)CC3)n2)cc1.CCCN(C)S(=O)(=O)c1ccc(-c2cccc(NC(=O)C3(c4ccc5c(c4)OCO5)CC3)n2)cc1.COc1cccc(-c2cccc(NC(=O)C3(c4ccc5c(c4)OCO5)CC3)n2)c1OC.O=C(Nc1cccc(-c2ccc(F)c(Cl)c2)n1)C1(c2ccc3c(c2)OCO3)CC1.[HH]. The summed E-state index contributed by atoms with van der Waals surface area (Å²) in [5, 5.41) is 14.7. The highest BCUT2D eigenvalue weighted by Gasteiger charge is 2.55. The molecule has 4 saturated carbocycles. The summed E-state index contributed by atoms with van der Waals surface area (Å²) >= 11 is 5.87. The lowest BCUT2D eigenvalue weighted by Gasteiger charge is -2.19. The summed E-state index contributed by atoms with van der Waals surface area (Å²) in [5.41, 5.74) is 7.53. The molecule has 131 heavy (non-hydrogen) atoms. The Hall–Kier alpha value is -14.4. The molecular weight excluding hydrogens is 1720 g/mol. The zero-order valence-corrected chi connectivity index (χ0v) is 74.4. The van der Waals surface area contributed by atoms with Gasteiger partial charge >= 0.3 is 6.09 Å². The lowest BCUT2D eigenvalue weighted by Crippen LogP contribution is -2.32. The van der Waals surface area contributed by atoms with Crippen LogP contribution in [0.25, 0.3) is 45.0 Å². The number of anilines is 4. The van der Waals surface area contributed by atoms with E-state index < -0.39 is 49.2 Å². The molecule has 0 atom stereocenters. The molecule has 28 nitrogen and oxygen atoms in total. The number of sulfonamides is 1. The first-order valence-corrected chi connectivity index (χ1v) is 44.6. The molecule has 0 radical (unpaired) electrons. The Morgan fingerprint density at radius 2 is 0.794 bits per heavy atom. The average Bonchev–Trinajstić information content (AvgIpc) is 1.60. The maximum Gasteiger partial charge on any atom is 0.407 e. The second kappa shape index (κ2) is 37.0. The summed E-state index contributed by atoms with van der Waals surface area (Å²) < 4.78 is 99.7. The van der Waals surface area contributed by atoms with Crippen LogP contribution in [0.1, 0.15) is 115 Å². The maximum atomic E-state index is 13.4. The van der Waals surface area contributed by atoms with Gasteiger partial charge in [0, 0.05) is 43.8 Å². The number of carbonyl (C=O) groups is 5. The predicted molar refractivity (Wildman–Crippen MR) is 490 cm³/mol. The number of para-hydroxylation sites is 1. The van der Waals surface area contributed by atoms with Crippen LogP contribution < -0.4 is 74.0 Å². The number of benzene rings is 8. The number of ether oxygens (including phenoxy) is 11. The van der Waals surface area contributed by atoms with Crippen molar-refractivity contribution in [3.05, 3.63) is 269 Å². The van der Waals surface area contributed by atoms with Crippen LogP contribution in [0.3, 0.4) is 0 Å². The van der Waals surface area contributed by atoms with Crippen LogP contribution in [0.2, 0.25) is 5.02 Å². The molecule has 12 aromatic rings. The number of amides is 5. The van der Waals surface area contributed by atoms with Crippen LogP contribution in [-0.2, 0) is 62.1 Å². The molecule has 0 spiro atoms. The van der Waals surface area contributed by atoms with Crippen molar-refractivity contribution in [1.29, 1.82) is 0 Å². The number of nitrogens with zero attached hydrogens (tertiary/aromatic N) is 5. The molecule has 8 aromatic carbocycles. The molecule has 8 heterocycles. The Morgan fingerprint density at radius 1 is 0.443 bits per heavy atom. The van der Waals surface area contributed by atoms with Crippen molar-refractivity contribution in [2.24, 2.45) is 0 Å². The van der Waals surface area contributed by atoms with Gasteiger partial charge in [-0.25, -0.2) is 41.8 Å². The highest BCUT2D eigenvalue weighted by molar-refractivity contribution is 7.89. The van der Waals surface area contributed by atoms with Crippen molar-refractivity contribution in [2.45, 2.75) is 124 Å². The summed E-state index contributed by atoms with van der Waals surface area (Å²) in [5.74, 6) is 7.70. The van der Waals surface area contributed by atoms with Crippen LogP contribution in [0.5, 0.6) is 57.5 Å². The molecule has 4 aliphatic heterocycles. The minimum absolute atomic E-state index is 0. The van der Waals surface area contributed by atoms with E-state index in [1.54, 1.807) is 88.0 Å². The van der Waals surface area contributed by atoms with Crippen LogP contribution in [0.4, 0.5) is 32.5 Å². The zero-order valence-electron chi connectivity index (χ0n) is 72.8. The molecule has 8 aliphatic rings. The van der Waals surface area contributed by atoms with Gasteiger partial charge in [0.2, 0.25) is 60.8 Å². The van der Waals surface area contributed by atoms with Crippen molar-refractivity contribution in [3.63, 3.8) is 0 Å². The van der Waals surface area contributed by atoms with Crippen molar-refractivity contribution >= 4 is 74.6 Å². The fraction of sp³-hybridized carbons (Fsp3) is 0.270. The Kier molecular flexibility index (Phi) is 25.0. The van der Waals surface area contributed by atoms with Crippen molar-refractivity contribution in [3.8, 4) is 103 Å². The molecule has 20 rings (SSSR count). The number of hydrogen-bond acceptors (Lipinski definition) is 22. The highest BCUT2D eigenvalue weighted by atomic mass is 35.5. The van der Waals surface area contributed by atoms with Gasteiger partial charge in [0.1, 0.15) is 34.7 Å². The number of methoxy groups -OCH3 is 2. The lowest BCUT2D eigenvalue weighted by atomic mass is 9.94. The molecule has 31 heteroatoms. The molecule has 4 fully saturated rings. The van der Waals surface area contributed by atoms with Gasteiger partial charge < -0.3 is 78.7 Å². The van der Waals surface area contributed by atoms with E-state index in [4.69, 9.17) is 63.7 Å². The van der Waals surface area contributed by atoms with Crippen LogP contribution in [0.15, 0.2) is 235 Å². The number of aromatic nitrogens is 4. The van der Waals surface area contributed by atoms with Crippen molar-refractivity contribution < 1.29 is 90.3 Å². The molecule has 4 aromatic heterocycles. The predicted octanol–water partition coefficient (Wildman–Crippen LogP) is 18.7. The van der Waals surface area contributed by atoms with Gasteiger partial charge in [-0.05, 0) is 246 Å². The van der Waals surface area contributed by atoms with E-state index in [-0.39, 0.29) is 62.1 Å². The Bertz CT molecular complexity index is 6510. The van der Waals surface area contributed by atoms with E-state index in [0.29, 0.717) is 117 Å². The van der Waals surface area contributed by atoms with E-state index in [2.05, 4.69) is 46.5 Å². The highest BCUT2D eigenvalue weighted by Crippen LogP contribution is 2.55. The summed E-state index contributed by atoms with van der Waals surface area (Å²) in [6, 6.07) is 68.8. The number of nitrogens with one attached hydrogen (secondary N) is 5. The van der Waals surface area contributed by atoms with Gasteiger partial charge in [-0.1, -0.05) is 110 Å². The van der Waals surface area contributed by atoms with E-state index in [1.807, 2.05) is 179 Å². The van der Waals surface area contributed by atoms with E-state index in [0.717, 1.165) is 108 Å². The second-order valence-corrected chi connectivity index (χ2v) is 36.1.